The lowest BCUT2D eigenvalue weighted by molar-refractivity contribution is -0.136. The van der Waals surface area contributed by atoms with Crippen molar-refractivity contribution in [2.75, 3.05) is 6.54 Å². The summed E-state index contributed by atoms with van der Waals surface area (Å²) in [6.45, 7) is 3.55. The SMILES string of the molecule is Cn1ccnc1CN1CCCn2nc(CCC(=O)O)cc2C1. The molecular formula is C15H21N5O2. The Morgan fingerprint density at radius 2 is 2.27 bits per heavy atom. The number of aryl methyl sites for hydroxylation is 3. The van der Waals surface area contributed by atoms with Crippen LogP contribution in [0, 0.1) is 0 Å². The second-order valence-corrected chi connectivity index (χ2v) is 5.76. The van der Waals surface area contributed by atoms with Crippen LogP contribution in [0.1, 0.15) is 30.1 Å². The largest absolute Gasteiger partial charge is 0.481 e. The van der Waals surface area contributed by atoms with Gasteiger partial charge < -0.3 is 9.67 Å². The minimum absolute atomic E-state index is 0.132. The molecule has 3 heterocycles. The lowest BCUT2D eigenvalue weighted by Crippen LogP contribution is -2.24. The predicted octanol–water partition coefficient (Wildman–Crippen LogP) is 1.04. The van der Waals surface area contributed by atoms with Crippen molar-refractivity contribution in [3.05, 3.63) is 35.7 Å². The molecule has 118 valence electrons. The Morgan fingerprint density at radius 1 is 1.41 bits per heavy atom. The van der Waals surface area contributed by atoms with Gasteiger partial charge in [0.1, 0.15) is 5.82 Å². The van der Waals surface area contributed by atoms with Gasteiger partial charge in [0.15, 0.2) is 0 Å². The van der Waals surface area contributed by atoms with E-state index in [9.17, 15) is 4.79 Å². The number of aliphatic carboxylic acids is 1. The number of aromatic nitrogens is 4. The Morgan fingerprint density at radius 3 is 3.00 bits per heavy atom. The van der Waals surface area contributed by atoms with Crippen LogP contribution in [0.15, 0.2) is 18.5 Å². The van der Waals surface area contributed by atoms with E-state index < -0.39 is 5.97 Å². The highest BCUT2D eigenvalue weighted by atomic mass is 16.4. The van der Waals surface area contributed by atoms with E-state index in [2.05, 4.69) is 15.0 Å². The summed E-state index contributed by atoms with van der Waals surface area (Å²) in [6.07, 6.45) is 5.45. The molecule has 7 nitrogen and oxygen atoms in total. The van der Waals surface area contributed by atoms with Crippen LogP contribution in [-0.4, -0.2) is 41.9 Å². The molecule has 0 saturated carbocycles. The van der Waals surface area contributed by atoms with Crippen LogP contribution in [0.2, 0.25) is 0 Å². The second kappa shape index (κ2) is 6.31. The van der Waals surface area contributed by atoms with Gasteiger partial charge >= 0.3 is 5.97 Å². The first-order valence-corrected chi connectivity index (χ1v) is 7.58. The fraction of sp³-hybridized carbons (Fsp3) is 0.533. The van der Waals surface area contributed by atoms with Crippen LogP contribution in [0.25, 0.3) is 0 Å². The van der Waals surface area contributed by atoms with Gasteiger partial charge in [-0.15, -0.1) is 0 Å². The van der Waals surface area contributed by atoms with Gasteiger partial charge in [-0.25, -0.2) is 4.98 Å². The van der Waals surface area contributed by atoms with Crippen LogP contribution in [0.4, 0.5) is 0 Å². The zero-order valence-corrected chi connectivity index (χ0v) is 12.8. The molecule has 0 spiro atoms. The van der Waals surface area contributed by atoms with Crippen LogP contribution >= 0.6 is 0 Å². The van der Waals surface area contributed by atoms with Crippen molar-refractivity contribution >= 4 is 5.97 Å². The average Bonchev–Trinajstić information content (AvgIpc) is 2.99. The van der Waals surface area contributed by atoms with Gasteiger partial charge in [-0.1, -0.05) is 0 Å². The van der Waals surface area contributed by atoms with E-state index >= 15 is 0 Å². The quantitative estimate of drug-likeness (QED) is 0.893. The fourth-order valence-corrected chi connectivity index (χ4v) is 2.83. The van der Waals surface area contributed by atoms with Gasteiger partial charge in [-0.2, -0.15) is 5.10 Å². The van der Waals surface area contributed by atoms with Crippen LogP contribution in [0.5, 0.6) is 0 Å². The minimum Gasteiger partial charge on any atom is -0.481 e. The number of carbonyl (C=O) groups is 1. The van der Waals surface area contributed by atoms with Gasteiger partial charge in [-0.3, -0.25) is 14.4 Å². The second-order valence-electron chi connectivity index (χ2n) is 5.76. The topological polar surface area (TPSA) is 76.2 Å². The van der Waals surface area contributed by atoms with Crippen molar-refractivity contribution in [3.8, 4) is 0 Å². The molecule has 2 aromatic rings. The highest BCUT2D eigenvalue weighted by Gasteiger charge is 2.18. The maximum absolute atomic E-state index is 10.7. The molecule has 1 N–H and O–H groups in total. The van der Waals surface area contributed by atoms with Crippen molar-refractivity contribution in [3.63, 3.8) is 0 Å². The molecule has 0 fully saturated rings. The smallest absolute Gasteiger partial charge is 0.303 e. The number of nitrogens with zero attached hydrogens (tertiary/aromatic N) is 5. The highest BCUT2D eigenvalue weighted by molar-refractivity contribution is 5.66. The summed E-state index contributed by atoms with van der Waals surface area (Å²) in [5.41, 5.74) is 2.03. The molecule has 2 aromatic heterocycles. The highest BCUT2D eigenvalue weighted by Crippen LogP contribution is 2.16. The van der Waals surface area contributed by atoms with Crippen LogP contribution in [-0.2, 0) is 37.9 Å². The van der Waals surface area contributed by atoms with Gasteiger partial charge in [0.05, 0.1) is 24.4 Å². The molecule has 0 aliphatic carbocycles. The summed E-state index contributed by atoms with van der Waals surface area (Å²) < 4.78 is 4.07. The summed E-state index contributed by atoms with van der Waals surface area (Å²) in [4.78, 5) is 17.4. The van der Waals surface area contributed by atoms with E-state index in [-0.39, 0.29) is 6.42 Å². The Kier molecular flexibility index (Phi) is 4.24. The zero-order chi connectivity index (χ0) is 15.5. The van der Waals surface area contributed by atoms with Crippen molar-refractivity contribution in [2.45, 2.75) is 38.9 Å². The Balaban J connectivity index is 1.69. The first kappa shape index (κ1) is 14.8. The molecular weight excluding hydrogens is 282 g/mol. The predicted molar refractivity (Wildman–Crippen MR) is 80.1 cm³/mol. The van der Waals surface area contributed by atoms with Crippen molar-refractivity contribution in [1.82, 2.24) is 24.2 Å². The third-order valence-electron chi connectivity index (χ3n) is 4.02. The maximum atomic E-state index is 10.7. The van der Waals surface area contributed by atoms with Gasteiger partial charge in [0.25, 0.3) is 0 Å². The Bertz CT molecular complexity index is 661. The molecule has 0 amide bonds. The fourth-order valence-electron chi connectivity index (χ4n) is 2.83. The van der Waals surface area contributed by atoms with Crippen molar-refractivity contribution in [1.29, 1.82) is 0 Å². The molecule has 0 aromatic carbocycles. The molecule has 0 saturated heterocycles. The molecule has 1 aliphatic rings. The normalized spacial score (nSPS) is 15.5. The van der Waals surface area contributed by atoms with Gasteiger partial charge in [0, 0.05) is 45.5 Å². The van der Waals surface area contributed by atoms with Gasteiger partial charge in [-0.05, 0) is 12.5 Å². The third kappa shape index (κ3) is 3.36. The molecule has 0 atom stereocenters. The summed E-state index contributed by atoms with van der Waals surface area (Å²) in [7, 11) is 2.01. The van der Waals surface area contributed by atoms with Crippen molar-refractivity contribution in [2.24, 2.45) is 7.05 Å². The number of hydrogen-bond acceptors (Lipinski definition) is 4. The third-order valence-corrected chi connectivity index (χ3v) is 4.02. The van der Waals surface area contributed by atoms with Gasteiger partial charge in [0.2, 0.25) is 0 Å². The first-order chi connectivity index (χ1) is 10.6. The molecule has 3 rings (SSSR count). The zero-order valence-electron chi connectivity index (χ0n) is 12.8. The molecule has 0 bridgehead atoms. The summed E-state index contributed by atoms with van der Waals surface area (Å²) in [5.74, 6) is 0.277. The molecule has 0 radical (unpaired) electrons. The van der Waals surface area contributed by atoms with E-state index in [0.717, 1.165) is 49.8 Å². The summed E-state index contributed by atoms with van der Waals surface area (Å²) in [6, 6.07) is 2.04. The van der Waals surface area contributed by atoms with E-state index in [4.69, 9.17) is 5.11 Å². The first-order valence-electron chi connectivity index (χ1n) is 7.58. The maximum Gasteiger partial charge on any atom is 0.303 e. The number of rotatable bonds is 5. The molecule has 0 unspecified atom stereocenters. The summed E-state index contributed by atoms with van der Waals surface area (Å²) in [5, 5.41) is 13.3. The molecule has 22 heavy (non-hydrogen) atoms. The van der Waals surface area contributed by atoms with E-state index in [1.807, 2.05) is 34.8 Å². The molecule has 7 heteroatoms. The lowest BCUT2D eigenvalue weighted by Gasteiger charge is -2.18. The number of carboxylic acid groups (broad SMARTS) is 1. The standard InChI is InChI=1S/C15H21N5O2/c1-18-8-5-16-14(18)11-19-6-2-7-20-13(10-19)9-12(17-20)3-4-15(21)22/h5,8-9H,2-4,6-7,10-11H2,1H3,(H,21,22). The monoisotopic (exact) mass is 303 g/mol. The number of imidazole rings is 1. The van der Waals surface area contributed by atoms with E-state index in [1.54, 1.807) is 0 Å². The van der Waals surface area contributed by atoms with Crippen LogP contribution < -0.4 is 0 Å². The average molecular weight is 303 g/mol. The molecule has 1 aliphatic heterocycles. The Hall–Kier alpha value is -2.15. The van der Waals surface area contributed by atoms with E-state index in [0.29, 0.717) is 6.42 Å². The lowest BCUT2D eigenvalue weighted by atomic mass is 10.2. The number of hydrogen-bond donors (Lipinski definition) is 1. The van der Waals surface area contributed by atoms with E-state index in [1.165, 1.54) is 0 Å². The Labute approximate surface area is 129 Å². The minimum atomic E-state index is -0.778. The van der Waals surface area contributed by atoms with Crippen LogP contribution in [0.3, 0.4) is 0 Å². The number of fused-ring (bicyclic) bond motifs is 1. The summed E-state index contributed by atoms with van der Waals surface area (Å²) >= 11 is 0. The van der Waals surface area contributed by atoms with Crippen molar-refractivity contribution < 1.29 is 9.90 Å². The number of carboxylic acids is 1.